The molecule has 1 aromatic heterocycles. The average Bonchev–Trinajstić information content (AvgIpc) is 3.46. The quantitative estimate of drug-likeness (QED) is 0.379. The molecule has 5 rings (SSSR count). The van der Waals surface area contributed by atoms with Crippen LogP contribution in [-0.4, -0.2) is 54.7 Å². The number of benzene rings is 2. The molecule has 6 nitrogen and oxygen atoms in total. The fourth-order valence-electron chi connectivity index (χ4n) is 4.80. The van der Waals surface area contributed by atoms with Gasteiger partial charge in [0, 0.05) is 6.54 Å². The minimum Gasteiger partial charge on any atom is -0.321 e. The average molecular weight is 522 g/mol. The number of carbonyl (C=O) groups excluding carboxylic acids is 3. The van der Waals surface area contributed by atoms with Crippen molar-refractivity contribution in [1.29, 1.82) is 0 Å². The number of fused-ring (bicyclic) bond motifs is 1. The Morgan fingerprint density at radius 1 is 1.06 bits per heavy atom. The fraction of sp³-hybridized carbons (Fsp3) is 0.321. The van der Waals surface area contributed by atoms with E-state index in [9.17, 15) is 14.4 Å². The van der Waals surface area contributed by atoms with Crippen LogP contribution in [-0.2, 0) is 11.8 Å². The van der Waals surface area contributed by atoms with Gasteiger partial charge in [-0.25, -0.2) is 0 Å². The lowest BCUT2D eigenvalue weighted by Gasteiger charge is -2.19. The Balaban J connectivity index is 1.25. The molecule has 8 heteroatoms. The maximum Gasteiger partial charge on any atom is 0.265 e. The van der Waals surface area contributed by atoms with E-state index in [-0.39, 0.29) is 29.8 Å². The van der Waals surface area contributed by atoms with Gasteiger partial charge in [0.1, 0.15) is 0 Å². The molecule has 3 aromatic rings. The smallest absolute Gasteiger partial charge is 0.265 e. The molecule has 0 spiro atoms. The van der Waals surface area contributed by atoms with E-state index in [2.05, 4.69) is 48.6 Å². The zero-order chi connectivity index (χ0) is 25.4. The Hall–Kier alpha value is -3.00. The number of carbonyl (C=O) groups is 3. The van der Waals surface area contributed by atoms with Crippen LogP contribution in [0.2, 0.25) is 4.34 Å². The number of hydrogen-bond donors (Lipinski definition) is 1. The number of nitrogens with zero attached hydrogens (tertiary/aromatic N) is 2. The van der Waals surface area contributed by atoms with Crippen molar-refractivity contribution in [2.45, 2.75) is 31.1 Å². The minimum absolute atomic E-state index is 0.241. The second-order valence-corrected chi connectivity index (χ2v) is 11.5. The van der Waals surface area contributed by atoms with E-state index >= 15 is 0 Å². The van der Waals surface area contributed by atoms with Crippen molar-refractivity contribution in [3.05, 3.63) is 86.1 Å². The van der Waals surface area contributed by atoms with Gasteiger partial charge in [-0.05, 0) is 87.1 Å². The molecule has 2 aliphatic rings. The molecular weight excluding hydrogens is 494 g/mol. The van der Waals surface area contributed by atoms with E-state index in [0.717, 1.165) is 29.9 Å². The molecule has 2 heterocycles. The number of rotatable bonds is 9. The molecule has 1 aliphatic heterocycles. The van der Waals surface area contributed by atoms with Gasteiger partial charge in [0.05, 0.1) is 26.0 Å². The van der Waals surface area contributed by atoms with Gasteiger partial charge in [0.25, 0.3) is 17.7 Å². The van der Waals surface area contributed by atoms with Gasteiger partial charge in [-0.3, -0.25) is 19.3 Å². The first kappa shape index (κ1) is 24.7. The van der Waals surface area contributed by atoms with Gasteiger partial charge >= 0.3 is 0 Å². The molecule has 186 valence electrons. The van der Waals surface area contributed by atoms with Crippen molar-refractivity contribution in [3.8, 4) is 0 Å². The number of anilines is 1. The molecule has 0 radical (unpaired) electrons. The highest BCUT2D eigenvalue weighted by Crippen LogP contribution is 2.51. The molecular formula is C28H28ClN3O3S. The van der Waals surface area contributed by atoms with Crippen LogP contribution < -0.4 is 5.32 Å². The highest BCUT2D eigenvalue weighted by atomic mass is 35.5. The van der Waals surface area contributed by atoms with E-state index in [1.165, 1.54) is 23.3 Å². The standard InChI is InChI=1S/C28H28ClN3O3S/c1-31(2)17-15-28(13-14-28)19-8-6-18(7-9-19)12-16-32-26(34)20-4-3-5-21(24(20)27(32)35)30-25(33)22-10-11-23(29)36-22/h3-11H,12-17H2,1-2H3,(H,30,33). The van der Waals surface area contributed by atoms with Crippen molar-refractivity contribution in [2.75, 3.05) is 32.5 Å². The van der Waals surface area contributed by atoms with Gasteiger partial charge < -0.3 is 10.2 Å². The highest BCUT2D eigenvalue weighted by Gasteiger charge is 2.43. The Labute approximate surface area is 219 Å². The summed E-state index contributed by atoms with van der Waals surface area (Å²) >= 11 is 7.09. The van der Waals surface area contributed by atoms with Crippen LogP contribution in [0, 0.1) is 0 Å². The maximum atomic E-state index is 13.2. The summed E-state index contributed by atoms with van der Waals surface area (Å²) in [5.41, 5.74) is 3.66. The Morgan fingerprint density at radius 2 is 1.81 bits per heavy atom. The normalized spacial score (nSPS) is 15.9. The lowest BCUT2D eigenvalue weighted by molar-refractivity contribution is 0.0656. The molecule has 1 fully saturated rings. The topological polar surface area (TPSA) is 69.7 Å². The molecule has 3 amide bonds. The zero-order valence-electron chi connectivity index (χ0n) is 20.3. The highest BCUT2D eigenvalue weighted by molar-refractivity contribution is 7.18. The van der Waals surface area contributed by atoms with Gasteiger partial charge in [-0.2, -0.15) is 0 Å². The predicted molar refractivity (Wildman–Crippen MR) is 143 cm³/mol. The summed E-state index contributed by atoms with van der Waals surface area (Å²) in [6.07, 6.45) is 4.19. The molecule has 36 heavy (non-hydrogen) atoms. The number of amides is 3. The number of halogens is 1. The lowest BCUT2D eigenvalue weighted by atomic mass is 9.91. The summed E-state index contributed by atoms with van der Waals surface area (Å²) in [6, 6.07) is 16.8. The summed E-state index contributed by atoms with van der Waals surface area (Å²) < 4.78 is 0.504. The van der Waals surface area contributed by atoms with Crippen LogP contribution in [0.3, 0.4) is 0 Å². The summed E-state index contributed by atoms with van der Waals surface area (Å²) in [5, 5.41) is 2.77. The first-order valence-electron chi connectivity index (χ1n) is 12.1. The second kappa shape index (κ2) is 9.81. The molecule has 0 atom stereocenters. The van der Waals surface area contributed by atoms with Crippen molar-refractivity contribution in [2.24, 2.45) is 0 Å². The molecule has 1 saturated carbocycles. The third-order valence-corrected chi connectivity index (χ3v) is 8.36. The largest absolute Gasteiger partial charge is 0.321 e. The van der Waals surface area contributed by atoms with Crippen molar-refractivity contribution in [3.63, 3.8) is 0 Å². The number of imide groups is 1. The number of hydrogen-bond acceptors (Lipinski definition) is 5. The van der Waals surface area contributed by atoms with Gasteiger partial charge in [-0.1, -0.05) is 41.9 Å². The van der Waals surface area contributed by atoms with Crippen LogP contribution in [0.5, 0.6) is 0 Å². The first-order chi connectivity index (χ1) is 17.3. The van der Waals surface area contributed by atoms with Crippen molar-refractivity contribution >= 4 is 46.3 Å². The third-order valence-electron chi connectivity index (χ3n) is 7.13. The van der Waals surface area contributed by atoms with E-state index in [1.807, 2.05) is 0 Å². The van der Waals surface area contributed by atoms with Crippen LogP contribution >= 0.6 is 22.9 Å². The number of nitrogens with one attached hydrogen (secondary N) is 1. The second-order valence-electron chi connectivity index (χ2n) is 9.83. The van der Waals surface area contributed by atoms with Crippen molar-refractivity contribution in [1.82, 2.24) is 9.80 Å². The van der Waals surface area contributed by atoms with Gasteiger partial charge in [-0.15, -0.1) is 11.3 Å². The Morgan fingerprint density at radius 3 is 2.44 bits per heavy atom. The molecule has 2 aromatic carbocycles. The van der Waals surface area contributed by atoms with Crippen LogP contribution in [0.25, 0.3) is 0 Å². The van der Waals surface area contributed by atoms with Crippen LogP contribution in [0.15, 0.2) is 54.6 Å². The monoisotopic (exact) mass is 521 g/mol. The summed E-state index contributed by atoms with van der Waals surface area (Å²) in [5.74, 6) is -1.08. The molecule has 0 saturated heterocycles. The van der Waals surface area contributed by atoms with E-state index in [4.69, 9.17) is 11.6 Å². The first-order valence-corrected chi connectivity index (χ1v) is 13.3. The lowest BCUT2D eigenvalue weighted by Crippen LogP contribution is -2.32. The number of thiophene rings is 1. The van der Waals surface area contributed by atoms with Gasteiger partial charge in [0.2, 0.25) is 0 Å². The van der Waals surface area contributed by atoms with Crippen LogP contribution in [0.4, 0.5) is 5.69 Å². The minimum atomic E-state index is -0.382. The summed E-state index contributed by atoms with van der Waals surface area (Å²) in [4.78, 5) is 42.8. The molecule has 1 aliphatic carbocycles. The molecule has 0 unspecified atom stereocenters. The third kappa shape index (κ3) is 4.83. The fourth-order valence-corrected chi connectivity index (χ4v) is 5.74. The van der Waals surface area contributed by atoms with Gasteiger partial charge in [0.15, 0.2) is 0 Å². The Bertz CT molecular complexity index is 1330. The predicted octanol–water partition coefficient (Wildman–Crippen LogP) is 5.48. The maximum absolute atomic E-state index is 13.2. The van der Waals surface area contributed by atoms with E-state index < -0.39 is 0 Å². The molecule has 1 N–H and O–H groups in total. The Kier molecular flexibility index (Phi) is 6.72. The summed E-state index contributed by atoms with van der Waals surface area (Å²) in [6.45, 7) is 1.36. The van der Waals surface area contributed by atoms with Crippen molar-refractivity contribution < 1.29 is 14.4 Å². The SMILES string of the molecule is CN(C)CCC1(c2ccc(CCN3C(=O)c4cccc(NC(=O)c5ccc(Cl)s5)c4C3=O)cc2)CC1. The van der Waals surface area contributed by atoms with E-state index in [0.29, 0.717) is 32.3 Å². The summed E-state index contributed by atoms with van der Waals surface area (Å²) in [7, 11) is 4.21. The zero-order valence-corrected chi connectivity index (χ0v) is 21.9. The molecule has 0 bridgehead atoms. The van der Waals surface area contributed by atoms with Crippen LogP contribution in [0.1, 0.15) is 60.8 Å². The van der Waals surface area contributed by atoms with E-state index in [1.54, 1.807) is 30.3 Å².